The Kier molecular flexibility index (Phi) is 5.23. The molecule has 1 aromatic rings. The number of amides is 1. The minimum absolute atomic E-state index is 0.264. The zero-order chi connectivity index (χ0) is 13.5. The number of rotatable bonds is 6. The number of nitrogens with zero attached hydrogens (tertiary/aromatic N) is 2. The largest absolute Gasteiger partial charge is 0.364 e. The molecule has 1 heterocycles. The first-order chi connectivity index (χ1) is 8.54. The molecule has 6 heteroatoms. The van der Waals surface area contributed by atoms with Gasteiger partial charge in [0.05, 0.1) is 5.56 Å². The van der Waals surface area contributed by atoms with Crippen LogP contribution in [-0.4, -0.2) is 22.4 Å². The first kappa shape index (κ1) is 14.1. The first-order valence-corrected chi connectivity index (χ1v) is 5.93. The Balaban J connectivity index is 2.61. The molecule has 0 aliphatic heterocycles. The lowest BCUT2D eigenvalue weighted by Crippen LogP contribution is -2.28. The predicted octanol–water partition coefficient (Wildman–Crippen LogP) is 2.16. The molecule has 1 rings (SSSR count). The molecule has 1 unspecified atom stereocenters. The Labute approximate surface area is 106 Å². The highest BCUT2D eigenvalue weighted by Gasteiger charge is 2.13. The Morgan fingerprint density at radius 3 is 2.94 bits per heavy atom. The molecule has 6 nitrogen and oxygen atoms in total. The molecule has 0 saturated carbocycles. The first-order valence-electron chi connectivity index (χ1n) is 5.93. The highest BCUT2D eigenvalue weighted by Crippen LogP contribution is 2.09. The minimum atomic E-state index is -0.615. The van der Waals surface area contributed by atoms with E-state index in [2.05, 4.69) is 24.1 Å². The van der Waals surface area contributed by atoms with Crippen molar-refractivity contribution in [2.24, 2.45) is 5.92 Å². The molecule has 1 aromatic heterocycles. The summed E-state index contributed by atoms with van der Waals surface area (Å²) >= 11 is 0. The van der Waals surface area contributed by atoms with Gasteiger partial charge in [0.2, 0.25) is 0 Å². The number of aromatic nitrogens is 1. The van der Waals surface area contributed by atoms with E-state index >= 15 is 0 Å². The lowest BCUT2D eigenvalue weighted by atomic mass is 10.1. The van der Waals surface area contributed by atoms with Crippen molar-refractivity contribution in [3.8, 4) is 0 Å². The van der Waals surface area contributed by atoms with E-state index in [1.807, 2.05) is 0 Å². The summed E-state index contributed by atoms with van der Waals surface area (Å²) in [4.78, 5) is 25.3. The van der Waals surface area contributed by atoms with Gasteiger partial charge < -0.3 is 15.4 Å². The summed E-state index contributed by atoms with van der Waals surface area (Å²) in [6.45, 7) is 4.71. The zero-order valence-electron chi connectivity index (χ0n) is 10.5. The van der Waals surface area contributed by atoms with Crippen molar-refractivity contribution in [3.05, 3.63) is 34.0 Å². The summed E-state index contributed by atoms with van der Waals surface area (Å²) in [5.41, 5.74) is 0.264. The van der Waals surface area contributed by atoms with Gasteiger partial charge in [-0.15, -0.1) is 0 Å². The van der Waals surface area contributed by atoms with Crippen LogP contribution in [0.2, 0.25) is 0 Å². The topological polar surface area (TPSA) is 85.1 Å². The summed E-state index contributed by atoms with van der Waals surface area (Å²) in [6, 6.07) is 2.65. The Morgan fingerprint density at radius 2 is 2.33 bits per heavy atom. The van der Waals surface area contributed by atoms with Crippen LogP contribution in [0.25, 0.3) is 0 Å². The molecule has 1 atom stereocenters. The van der Waals surface area contributed by atoms with Crippen molar-refractivity contribution in [2.75, 3.05) is 6.54 Å². The highest BCUT2D eigenvalue weighted by molar-refractivity contribution is 5.94. The van der Waals surface area contributed by atoms with Gasteiger partial charge in [-0.25, -0.2) is 0 Å². The zero-order valence-corrected chi connectivity index (χ0v) is 10.5. The van der Waals surface area contributed by atoms with Gasteiger partial charge in [-0.1, -0.05) is 20.3 Å². The van der Waals surface area contributed by atoms with Crippen molar-refractivity contribution < 1.29 is 9.72 Å². The van der Waals surface area contributed by atoms with E-state index in [4.69, 9.17) is 0 Å². The standard InChI is InChI=1S/C12H17N3O3/c1-3-4-9(2)8-14-12(16)10-5-6-13-11(7-10)15(17)18/h5-7,9H,3-4,8H2,1-2H3,(H,14,16). The third-order valence-electron chi connectivity index (χ3n) is 2.59. The fraction of sp³-hybridized carbons (Fsp3) is 0.500. The number of hydrogen-bond donors (Lipinski definition) is 1. The lowest BCUT2D eigenvalue weighted by Gasteiger charge is -2.11. The van der Waals surface area contributed by atoms with E-state index in [9.17, 15) is 14.9 Å². The Hall–Kier alpha value is -1.98. The normalized spacial score (nSPS) is 11.9. The van der Waals surface area contributed by atoms with Gasteiger partial charge in [-0.2, -0.15) is 0 Å². The van der Waals surface area contributed by atoms with Crippen LogP contribution in [0.15, 0.2) is 18.3 Å². The highest BCUT2D eigenvalue weighted by atomic mass is 16.6. The van der Waals surface area contributed by atoms with Gasteiger partial charge in [0.25, 0.3) is 5.91 Å². The lowest BCUT2D eigenvalue weighted by molar-refractivity contribution is -0.389. The second kappa shape index (κ2) is 6.68. The number of carbonyl (C=O) groups is 1. The van der Waals surface area contributed by atoms with E-state index in [0.29, 0.717) is 12.5 Å². The third-order valence-corrected chi connectivity index (χ3v) is 2.59. The summed E-state index contributed by atoms with van der Waals surface area (Å²) in [7, 11) is 0. The van der Waals surface area contributed by atoms with E-state index in [0.717, 1.165) is 12.8 Å². The average molecular weight is 251 g/mol. The van der Waals surface area contributed by atoms with E-state index in [-0.39, 0.29) is 17.3 Å². The fourth-order valence-electron chi connectivity index (χ4n) is 1.62. The van der Waals surface area contributed by atoms with Crippen LogP contribution in [0, 0.1) is 16.0 Å². The number of nitro groups is 1. The smallest absolute Gasteiger partial charge is 0.358 e. The average Bonchev–Trinajstić information content (AvgIpc) is 2.36. The van der Waals surface area contributed by atoms with Gasteiger partial charge in [0, 0.05) is 12.6 Å². The summed E-state index contributed by atoms with van der Waals surface area (Å²) in [5, 5.41) is 13.3. The molecule has 98 valence electrons. The fourth-order valence-corrected chi connectivity index (χ4v) is 1.62. The molecular formula is C12H17N3O3. The SMILES string of the molecule is CCCC(C)CNC(=O)c1ccnc([N+](=O)[O-])c1. The van der Waals surface area contributed by atoms with Gasteiger partial charge in [-0.05, 0) is 28.3 Å². The molecule has 0 aliphatic rings. The van der Waals surface area contributed by atoms with Crippen LogP contribution in [0.4, 0.5) is 5.82 Å². The van der Waals surface area contributed by atoms with Gasteiger partial charge in [0.1, 0.15) is 6.20 Å². The molecule has 0 aliphatic carbocycles. The van der Waals surface area contributed by atoms with E-state index in [1.165, 1.54) is 18.3 Å². The molecule has 0 radical (unpaired) electrons. The molecule has 0 bridgehead atoms. The van der Waals surface area contributed by atoms with Crippen LogP contribution < -0.4 is 5.32 Å². The van der Waals surface area contributed by atoms with Crippen LogP contribution in [0.1, 0.15) is 37.0 Å². The van der Waals surface area contributed by atoms with Crippen molar-refractivity contribution in [1.29, 1.82) is 0 Å². The van der Waals surface area contributed by atoms with Gasteiger partial charge in [0.15, 0.2) is 0 Å². The Bertz CT molecular complexity index is 434. The molecular weight excluding hydrogens is 234 g/mol. The van der Waals surface area contributed by atoms with Gasteiger partial charge >= 0.3 is 5.82 Å². The molecule has 1 N–H and O–H groups in total. The van der Waals surface area contributed by atoms with Crippen LogP contribution >= 0.6 is 0 Å². The third kappa shape index (κ3) is 4.12. The summed E-state index contributed by atoms with van der Waals surface area (Å²) in [5.74, 6) is -0.219. The predicted molar refractivity (Wildman–Crippen MR) is 67.3 cm³/mol. The van der Waals surface area contributed by atoms with E-state index < -0.39 is 4.92 Å². The van der Waals surface area contributed by atoms with E-state index in [1.54, 1.807) is 0 Å². The molecule has 0 aromatic carbocycles. The van der Waals surface area contributed by atoms with Crippen molar-refractivity contribution in [1.82, 2.24) is 10.3 Å². The van der Waals surface area contributed by atoms with Crippen LogP contribution in [0.3, 0.4) is 0 Å². The molecule has 1 amide bonds. The number of pyridine rings is 1. The van der Waals surface area contributed by atoms with Crippen molar-refractivity contribution in [3.63, 3.8) is 0 Å². The maximum atomic E-state index is 11.8. The second-order valence-corrected chi connectivity index (χ2v) is 4.26. The summed E-state index contributed by atoms with van der Waals surface area (Å²) in [6.07, 6.45) is 3.37. The minimum Gasteiger partial charge on any atom is -0.358 e. The molecule has 0 saturated heterocycles. The molecule has 18 heavy (non-hydrogen) atoms. The second-order valence-electron chi connectivity index (χ2n) is 4.26. The van der Waals surface area contributed by atoms with Gasteiger partial charge in [-0.3, -0.25) is 4.79 Å². The number of hydrogen-bond acceptors (Lipinski definition) is 4. The molecule has 0 fully saturated rings. The number of nitrogens with one attached hydrogen (secondary N) is 1. The van der Waals surface area contributed by atoms with Crippen LogP contribution in [-0.2, 0) is 0 Å². The molecule has 0 spiro atoms. The number of carbonyl (C=O) groups excluding carboxylic acids is 1. The van der Waals surface area contributed by atoms with Crippen molar-refractivity contribution >= 4 is 11.7 Å². The Morgan fingerprint density at radius 1 is 1.61 bits per heavy atom. The maximum Gasteiger partial charge on any atom is 0.364 e. The maximum absolute atomic E-state index is 11.8. The monoisotopic (exact) mass is 251 g/mol. The quantitative estimate of drug-likeness (QED) is 0.620. The van der Waals surface area contributed by atoms with Crippen LogP contribution in [0.5, 0.6) is 0 Å². The summed E-state index contributed by atoms with van der Waals surface area (Å²) < 4.78 is 0. The van der Waals surface area contributed by atoms with Crippen molar-refractivity contribution in [2.45, 2.75) is 26.7 Å².